The van der Waals surface area contributed by atoms with Gasteiger partial charge in [-0.1, -0.05) is 31.5 Å². The first-order chi connectivity index (χ1) is 7.16. The Labute approximate surface area is 107 Å². The Morgan fingerprint density at radius 1 is 1.19 bits per heavy atom. The summed E-state index contributed by atoms with van der Waals surface area (Å²) in [6, 6.07) is 6.34. The van der Waals surface area contributed by atoms with Crippen LogP contribution in [0, 0.1) is 0 Å². The zero-order valence-corrected chi connectivity index (χ0v) is 8.69. The fourth-order valence-electron chi connectivity index (χ4n) is 1.38. The van der Waals surface area contributed by atoms with E-state index in [4.69, 9.17) is 5.11 Å². The zero-order chi connectivity index (χ0) is 11.3. The van der Waals surface area contributed by atoms with Crippen LogP contribution in [0.25, 0.3) is 0 Å². The van der Waals surface area contributed by atoms with Gasteiger partial charge in [0.2, 0.25) is 0 Å². The van der Waals surface area contributed by atoms with Gasteiger partial charge in [-0.05, 0) is 12.5 Å². The van der Waals surface area contributed by atoms with Crippen molar-refractivity contribution < 1.29 is 14.7 Å². The van der Waals surface area contributed by atoms with Crippen molar-refractivity contribution in [3.63, 3.8) is 0 Å². The fraction of sp³-hybridized carbons (Fsp3) is 0.333. The summed E-state index contributed by atoms with van der Waals surface area (Å²) in [6.45, 7) is 2.00. The van der Waals surface area contributed by atoms with Crippen LogP contribution in [0.15, 0.2) is 24.3 Å². The van der Waals surface area contributed by atoms with Gasteiger partial charge in [-0.15, -0.1) is 0 Å². The molecule has 3 nitrogen and oxygen atoms in total. The molecule has 0 radical (unpaired) electrons. The number of unbranched alkanes of at least 4 members (excludes halogenated alkanes) is 1. The summed E-state index contributed by atoms with van der Waals surface area (Å²) in [5, 5.41) is 8.89. The molecule has 0 saturated carbocycles. The molecule has 82 valence electrons. The van der Waals surface area contributed by atoms with E-state index >= 15 is 0 Å². The van der Waals surface area contributed by atoms with Gasteiger partial charge in [0.1, 0.15) is 0 Å². The number of hydrogen-bond acceptors (Lipinski definition) is 2. The monoisotopic (exact) mass is 214 g/mol. The van der Waals surface area contributed by atoms with Gasteiger partial charge in [-0.3, -0.25) is 4.79 Å². The van der Waals surface area contributed by atoms with Gasteiger partial charge in [-0.25, -0.2) is 4.79 Å². The summed E-state index contributed by atoms with van der Waals surface area (Å²) in [4.78, 5) is 22.5. The molecule has 0 unspecified atom stereocenters. The molecule has 0 aliphatic carbocycles. The summed E-state index contributed by atoms with van der Waals surface area (Å²) in [5.74, 6) is -1.13. The third-order valence-electron chi connectivity index (χ3n) is 2.22. The SMILES string of the molecule is CCCCC(=O)c1ccccc1C(=O)O.[LiH]. The number of carbonyl (C=O) groups is 2. The number of carbonyl (C=O) groups excluding carboxylic acids is 1. The molecule has 4 heteroatoms. The maximum atomic E-state index is 11.7. The van der Waals surface area contributed by atoms with Crippen LogP contribution in [-0.4, -0.2) is 35.7 Å². The van der Waals surface area contributed by atoms with E-state index in [1.807, 2.05) is 6.92 Å². The Balaban J connectivity index is 0.00000225. The predicted molar refractivity (Wildman–Crippen MR) is 64.4 cm³/mol. The molecule has 0 heterocycles. The van der Waals surface area contributed by atoms with Crippen LogP contribution in [-0.2, 0) is 0 Å². The van der Waals surface area contributed by atoms with Crippen LogP contribution in [0.2, 0.25) is 0 Å². The third kappa shape index (κ3) is 3.84. The average Bonchev–Trinajstić information content (AvgIpc) is 2.25. The molecule has 0 bridgehead atoms. The number of carboxylic acid groups (broad SMARTS) is 1. The quantitative estimate of drug-likeness (QED) is 0.603. The Hall–Kier alpha value is -1.04. The molecule has 0 spiro atoms. The van der Waals surface area contributed by atoms with Crippen molar-refractivity contribution in [3.05, 3.63) is 35.4 Å². The molecule has 1 aromatic rings. The summed E-state index contributed by atoms with van der Waals surface area (Å²) >= 11 is 0. The van der Waals surface area contributed by atoms with E-state index in [9.17, 15) is 9.59 Å². The standard InChI is InChI=1S/C12H14O3.Li.H/c1-2-3-8-11(13)9-6-4-5-7-10(9)12(14)15;;/h4-7H,2-3,8H2,1H3,(H,14,15);;. The number of rotatable bonds is 5. The molecular weight excluding hydrogens is 199 g/mol. The Morgan fingerprint density at radius 2 is 1.75 bits per heavy atom. The fourth-order valence-corrected chi connectivity index (χ4v) is 1.38. The molecule has 1 rings (SSSR count). The molecule has 0 saturated heterocycles. The van der Waals surface area contributed by atoms with E-state index in [0.717, 1.165) is 12.8 Å². The summed E-state index contributed by atoms with van der Waals surface area (Å²) < 4.78 is 0. The van der Waals surface area contributed by atoms with Crippen molar-refractivity contribution >= 4 is 30.6 Å². The number of ketones is 1. The Bertz CT molecular complexity index is 374. The van der Waals surface area contributed by atoms with Gasteiger partial charge < -0.3 is 5.11 Å². The maximum absolute atomic E-state index is 11.7. The summed E-state index contributed by atoms with van der Waals surface area (Å²) in [6.07, 6.45) is 2.15. The van der Waals surface area contributed by atoms with E-state index in [0.29, 0.717) is 12.0 Å². The number of Topliss-reactive ketones (excluding diaryl/α,β-unsaturated/α-hetero) is 1. The summed E-state index contributed by atoms with van der Waals surface area (Å²) in [5.41, 5.74) is 0.414. The van der Waals surface area contributed by atoms with Crippen molar-refractivity contribution in [2.75, 3.05) is 0 Å². The molecule has 16 heavy (non-hydrogen) atoms. The van der Waals surface area contributed by atoms with Gasteiger partial charge in [0, 0.05) is 12.0 Å². The predicted octanol–water partition coefficient (Wildman–Crippen LogP) is 2.11. The van der Waals surface area contributed by atoms with Crippen molar-refractivity contribution in [1.29, 1.82) is 0 Å². The molecule has 0 atom stereocenters. The average molecular weight is 214 g/mol. The second-order valence-corrected chi connectivity index (χ2v) is 3.38. The Kier molecular flexibility index (Phi) is 6.79. The van der Waals surface area contributed by atoms with Crippen LogP contribution >= 0.6 is 0 Å². The van der Waals surface area contributed by atoms with Crippen LogP contribution in [0.1, 0.15) is 46.9 Å². The minimum atomic E-state index is -1.05. The topological polar surface area (TPSA) is 54.4 Å². The van der Waals surface area contributed by atoms with E-state index in [1.165, 1.54) is 6.07 Å². The molecule has 0 fully saturated rings. The van der Waals surface area contributed by atoms with Crippen molar-refractivity contribution in [2.45, 2.75) is 26.2 Å². The number of hydrogen-bond donors (Lipinski definition) is 1. The molecule has 1 N–H and O–H groups in total. The molecule has 0 aromatic heterocycles. The summed E-state index contributed by atoms with van der Waals surface area (Å²) in [7, 11) is 0. The molecular formula is C12H15LiO3. The molecule has 0 aliphatic heterocycles. The number of benzene rings is 1. The van der Waals surface area contributed by atoms with Gasteiger partial charge in [-0.2, -0.15) is 0 Å². The van der Waals surface area contributed by atoms with Crippen molar-refractivity contribution in [3.8, 4) is 0 Å². The second-order valence-electron chi connectivity index (χ2n) is 3.38. The first kappa shape index (κ1) is 15.0. The van der Waals surface area contributed by atoms with Gasteiger partial charge in [0.15, 0.2) is 5.78 Å². The minimum absolute atomic E-state index is 0. The van der Waals surface area contributed by atoms with Crippen molar-refractivity contribution in [2.24, 2.45) is 0 Å². The molecule has 0 aliphatic rings. The Morgan fingerprint density at radius 3 is 2.25 bits per heavy atom. The third-order valence-corrected chi connectivity index (χ3v) is 2.22. The van der Waals surface area contributed by atoms with Gasteiger partial charge in [0.25, 0.3) is 0 Å². The van der Waals surface area contributed by atoms with E-state index in [1.54, 1.807) is 18.2 Å². The second kappa shape index (κ2) is 7.27. The van der Waals surface area contributed by atoms with Crippen LogP contribution < -0.4 is 0 Å². The first-order valence-electron chi connectivity index (χ1n) is 5.02. The molecule has 1 aromatic carbocycles. The molecule has 0 amide bonds. The van der Waals surface area contributed by atoms with Crippen LogP contribution in [0.5, 0.6) is 0 Å². The van der Waals surface area contributed by atoms with E-state index < -0.39 is 5.97 Å². The van der Waals surface area contributed by atoms with E-state index in [-0.39, 0.29) is 30.2 Å². The number of carboxylic acids is 1. The van der Waals surface area contributed by atoms with E-state index in [2.05, 4.69) is 0 Å². The normalized spacial score (nSPS) is 9.31. The number of aromatic carboxylic acids is 1. The van der Waals surface area contributed by atoms with Crippen LogP contribution in [0.3, 0.4) is 0 Å². The van der Waals surface area contributed by atoms with Gasteiger partial charge >= 0.3 is 24.8 Å². The zero-order valence-electron chi connectivity index (χ0n) is 8.69. The van der Waals surface area contributed by atoms with Crippen molar-refractivity contribution in [1.82, 2.24) is 0 Å². The first-order valence-corrected chi connectivity index (χ1v) is 5.02. The van der Waals surface area contributed by atoms with Crippen LogP contribution in [0.4, 0.5) is 0 Å². The van der Waals surface area contributed by atoms with Gasteiger partial charge in [0.05, 0.1) is 5.56 Å².